The largest absolute Gasteiger partial charge is 0.240 e. The SMILES string of the molecule is Cc1ccc(F)cc1S(=O)(=O)NCC(C)(C)CCCl. The number of alkyl halides is 1. The summed E-state index contributed by atoms with van der Waals surface area (Å²) in [6.45, 7) is 5.75. The van der Waals surface area contributed by atoms with E-state index in [1.165, 1.54) is 12.1 Å². The molecule has 0 atom stereocenters. The van der Waals surface area contributed by atoms with Gasteiger partial charge in [-0.15, -0.1) is 11.6 Å². The first-order chi connectivity index (χ1) is 8.68. The molecule has 0 heterocycles. The summed E-state index contributed by atoms with van der Waals surface area (Å²) in [5, 5.41) is 0. The fourth-order valence-electron chi connectivity index (χ4n) is 1.58. The zero-order chi connectivity index (χ0) is 14.7. The molecule has 1 rings (SSSR count). The van der Waals surface area contributed by atoms with Gasteiger partial charge in [-0.25, -0.2) is 17.5 Å². The van der Waals surface area contributed by atoms with Crippen LogP contribution in [0.15, 0.2) is 23.1 Å². The minimum absolute atomic E-state index is 0.0193. The Hall–Kier alpha value is -0.650. The van der Waals surface area contributed by atoms with Gasteiger partial charge in [0.05, 0.1) is 4.90 Å². The molecule has 1 N–H and O–H groups in total. The van der Waals surface area contributed by atoms with E-state index in [4.69, 9.17) is 11.6 Å². The van der Waals surface area contributed by atoms with E-state index in [2.05, 4.69) is 4.72 Å². The second kappa shape index (κ2) is 6.20. The van der Waals surface area contributed by atoms with Crippen molar-refractivity contribution < 1.29 is 12.8 Å². The Labute approximate surface area is 119 Å². The van der Waals surface area contributed by atoms with E-state index in [9.17, 15) is 12.8 Å². The predicted octanol–water partition coefficient (Wildman–Crippen LogP) is 3.07. The number of hydrogen-bond acceptors (Lipinski definition) is 2. The third kappa shape index (κ3) is 4.75. The smallest absolute Gasteiger partial charge is 0.211 e. The van der Waals surface area contributed by atoms with E-state index >= 15 is 0 Å². The van der Waals surface area contributed by atoms with E-state index < -0.39 is 15.8 Å². The molecule has 0 spiro atoms. The van der Waals surface area contributed by atoms with Gasteiger partial charge in [0, 0.05) is 12.4 Å². The third-order valence-electron chi connectivity index (χ3n) is 2.95. The van der Waals surface area contributed by atoms with Crippen LogP contribution in [0.25, 0.3) is 0 Å². The van der Waals surface area contributed by atoms with E-state index in [0.717, 1.165) is 6.07 Å². The average Bonchev–Trinajstić information content (AvgIpc) is 2.30. The first-order valence-corrected chi connectivity index (χ1v) is 8.01. The van der Waals surface area contributed by atoms with Crippen molar-refractivity contribution in [2.45, 2.75) is 32.1 Å². The highest BCUT2D eigenvalue weighted by Gasteiger charge is 2.23. The molecule has 0 radical (unpaired) electrons. The van der Waals surface area contributed by atoms with Gasteiger partial charge < -0.3 is 0 Å². The highest BCUT2D eigenvalue weighted by molar-refractivity contribution is 7.89. The van der Waals surface area contributed by atoms with Crippen molar-refractivity contribution in [3.05, 3.63) is 29.6 Å². The summed E-state index contributed by atoms with van der Waals surface area (Å²) in [4.78, 5) is -0.0193. The Balaban J connectivity index is 2.90. The topological polar surface area (TPSA) is 46.2 Å². The molecular formula is C13H19ClFNO2S. The molecular weight excluding hydrogens is 289 g/mol. The number of benzene rings is 1. The second-order valence-electron chi connectivity index (χ2n) is 5.34. The lowest BCUT2D eigenvalue weighted by Crippen LogP contribution is -2.34. The molecule has 6 heteroatoms. The first kappa shape index (κ1) is 16.4. The minimum atomic E-state index is -3.70. The van der Waals surface area contributed by atoms with Crippen LogP contribution in [0.5, 0.6) is 0 Å². The Bertz CT molecular complexity index is 544. The molecule has 1 aromatic rings. The Morgan fingerprint density at radius 1 is 1.37 bits per heavy atom. The fraction of sp³-hybridized carbons (Fsp3) is 0.538. The lowest BCUT2D eigenvalue weighted by molar-refractivity contribution is 0.352. The Morgan fingerprint density at radius 3 is 2.58 bits per heavy atom. The van der Waals surface area contributed by atoms with Crippen LogP contribution in [-0.4, -0.2) is 20.8 Å². The molecule has 0 aliphatic carbocycles. The molecule has 0 aliphatic rings. The highest BCUT2D eigenvalue weighted by Crippen LogP contribution is 2.22. The minimum Gasteiger partial charge on any atom is -0.211 e. The molecule has 0 fully saturated rings. The van der Waals surface area contributed by atoms with Crippen LogP contribution in [-0.2, 0) is 10.0 Å². The van der Waals surface area contributed by atoms with E-state index in [-0.39, 0.29) is 16.9 Å². The number of nitrogens with one attached hydrogen (secondary N) is 1. The van der Waals surface area contributed by atoms with Crippen LogP contribution in [0.2, 0.25) is 0 Å². The molecule has 0 aliphatic heterocycles. The zero-order valence-corrected chi connectivity index (χ0v) is 12.9. The maximum absolute atomic E-state index is 13.2. The van der Waals surface area contributed by atoms with Crippen LogP contribution in [0.3, 0.4) is 0 Å². The number of halogens is 2. The van der Waals surface area contributed by atoms with Crippen LogP contribution >= 0.6 is 11.6 Å². The lowest BCUT2D eigenvalue weighted by atomic mass is 9.91. The molecule has 0 bridgehead atoms. The third-order valence-corrected chi connectivity index (χ3v) is 4.68. The van der Waals surface area contributed by atoms with Gasteiger partial charge in [-0.05, 0) is 36.5 Å². The van der Waals surface area contributed by atoms with E-state index in [0.29, 0.717) is 17.9 Å². The van der Waals surface area contributed by atoms with Crippen LogP contribution in [0, 0.1) is 18.2 Å². The van der Waals surface area contributed by atoms with Crippen molar-refractivity contribution in [1.29, 1.82) is 0 Å². The quantitative estimate of drug-likeness (QED) is 0.821. The molecule has 3 nitrogen and oxygen atoms in total. The number of rotatable bonds is 6. The van der Waals surface area contributed by atoms with Crippen LogP contribution in [0.1, 0.15) is 25.8 Å². The van der Waals surface area contributed by atoms with Gasteiger partial charge in [-0.2, -0.15) is 0 Å². The Kier molecular flexibility index (Phi) is 5.35. The maximum atomic E-state index is 13.2. The molecule has 1 aromatic carbocycles. The summed E-state index contributed by atoms with van der Waals surface area (Å²) in [5.41, 5.74) is 0.278. The van der Waals surface area contributed by atoms with Gasteiger partial charge >= 0.3 is 0 Å². The monoisotopic (exact) mass is 307 g/mol. The van der Waals surface area contributed by atoms with Gasteiger partial charge in [-0.3, -0.25) is 0 Å². The summed E-state index contributed by atoms with van der Waals surface area (Å²) in [6.07, 6.45) is 0.694. The predicted molar refractivity (Wildman–Crippen MR) is 75.4 cm³/mol. The van der Waals surface area contributed by atoms with Crippen LogP contribution in [0.4, 0.5) is 4.39 Å². The number of sulfonamides is 1. The van der Waals surface area contributed by atoms with Crippen molar-refractivity contribution in [3.63, 3.8) is 0 Å². The number of aryl methyl sites for hydroxylation is 1. The summed E-state index contributed by atoms with van der Waals surface area (Å²) >= 11 is 5.67. The highest BCUT2D eigenvalue weighted by atomic mass is 35.5. The molecule has 0 unspecified atom stereocenters. The summed E-state index contributed by atoms with van der Waals surface area (Å²) in [7, 11) is -3.70. The summed E-state index contributed by atoms with van der Waals surface area (Å²) in [5.74, 6) is -0.0979. The second-order valence-corrected chi connectivity index (χ2v) is 7.45. The van der Waals surface area contributed by atoms with Crippen molar-refractivity contribution in [1.82, 2.24) is 4.72 Å². The van der Waals surface area contributed by atoms with Crippen molar-refractivity contribution in [2.24, 2.45) is 5.41 Å². The average molecular weight is 308 g/mol. The van der Waals surface area contributed by atoms with Crippen molar-refractivity contribution in [3.8, 4) is 0 Å². The van der Waals surface area contributed by atoms with Crippen LogP contribution < -0.4 is 4.72 Å². The van der Waals surface area contributed by atoms with Gasteiger partial charge in [-0.1, -0.05) is 19.9 Å². The molecule has 0 saturated carbocycles. The maximum Gasteiger partial charge on any atom is 0.240 e. The molecule has 0 saturated heterocycles. The lowest BCUT2D eigenvalue weighted by Gasteiger charge is -2.24. The van der Waals surface area contributed by atoms with Gasteiger partial charge in [0.1, 0.15) is 5.82 Å². The summed E-state index contributed by atoms with van der Waals surface area (Å²) in [6, 6.07) is 3.73. The molecule has 0 aromatic heterocycles. The molecule has 0 amide bonds. The van der Waals surface area contributed by atoms with Gasteiger partial charge in [0.25, 0.3) is 0 Å². The number of hydrogen-bond donors (Lipinski definition) is 1. The van der Waals surface area contributed by atoms with Gasteiger partial charge in [0.15, 0.2) is 0 Å². The van der Waals surface area contributed by atoms with Crippen molar-refractivity contribution >= 4 is 21.6 Å². The fourth-order valence-corrected chi connectivity index (χ4v) is 3.58. The first-order valence-electron chi connectivity index (χ1n) is 6.00. The standard InChI is InChI=1S/C13H19ClFNO2S/c1-10-4-5-11(15)8-12(10)19(17,18)16-9-13(2,3)6-7-14/h4-5,8,16H,6-7,9H2,1-3H3. The van der Waals surface area contributed by atoms with E-state index in [1.807, 2.05) is 13.8 Å². The normalized spacial score (nSPS) is 12.7. The zero-order valence-electron chi connectivity index (χ0n) is 11.3. The van der Waals surface area contributed by atoms with Crippen molar-refractivity contribution in [2.75, 3.05) is 12.4 Å². The Morgan fingerprint density at radius 2 is 2.00 bits per heavy atom. The van der Waals surface area contributed by atoms with E-state index in [1.54, 1.807) is 6.92 Å². The molecule has 108 valence electrons. The van der Waals surface area contributed by atoms with Gasteiger partial charge in [0.2, 0.25) is 10.0 Å². The molecule has 19 heavy (non-hydrogen) atoms. The summed E-state index contributed by atoms with van der Waals surface area (Å²) < 4.78 is 40.0.